The van der Waals surface area contributed by atoms with E-state index in [1.54, 1.807) is 16.4 Å². The van der Waals surface area contributed by atoms with Crippen molar-refractivity contribution in [3.8, 4) is 0 Å². The minimum atomic E-state index is 0.722. The van der Waals surface area contributed by atoms with Crippen LogP contribution in [-0.4, -0.2) is 26.2 Å². The maximum atomic E-state index is 4.00. The first-order valence-corrected chi connectivity index (χ1v) is 6.86. The van der Waals surface area contributed by atoms with Gasteiger partial charge >= 0.3 is 0 Å². The quantitative estimate of drug-likeness (QED) is 0.886. The molecule has 1 N–H and O–H groups in total. The van der Waals surface area contributed by atoms with Gasteiger partial charge in [0.1, 0.15) is 0 Å². The van der Waals surface area contributed by atoms with E-state index >= 15 is 0 Å². The molecule has 1 aliphatic rings. The summed E-state index contributed by atoms with van der Waals surface area (Å²) in [4.78, 5) is 1.21. The third kappa shape index (κ3) is 2.70. The van der Waals surface area contributed by atoms with Crippen LogP contribution in [0.3, 0.4) is 0 Å². The minimum absolute atomic E-state index is 0.722. The number of hydrogen-bond donors (Lipinski definition) is 1. The van der Waals surface area contributed by atoms with Crippen LogP contribution in [-0.2, 0) is 13.6 Å². The van der Waals surface area contributed by atoms with Crippen LogP contribution in [0.5, 0.6) is 0 Å². The first kappa shape index (κ1) is 11.7. The minimum Gasteiger partial charge on any atom is -0.310 e. The van der Waals surface area contributed by atoms with Gasteiger partial charge in [0.2, 0.25) is 5.16 Å². The number of tetrazole rings is 1. The molecule has 1 heterocycles. The SMILES string of the molecule is Cn1nnnc1Sc1ccccc1CNC1CC1. The molecule has 94 valence electrons. The van der Waals surface area contributed by atoms with Crippen molar-refractivity contribution in [3.05, 3.63) is 29.8 Å². The maximum absolute atomic E-state index is 4.00. The molecule has 3 rings (SSSR count). The van der Waals surface area contributed by atoms with Gasteiger partial charge in [-0.25, -0.2) is 4.68 Å². The Morgan fingerprint density at radius 3 is 2.94 bits per heavy atom. The van der Waals surface area contributed by atoms with Crippen molar-refractivity contribution in [1.82, 2.24) is 25.5 Å². The van der Waals surface area contributed by atoms with Gasteiger partial charge in [0.15, 0.2) is 0 Å². The number of nitrogens with one attached hydrogen (secondary N) is 1. The number of hydrogen-bond acceptors (Lipinski definition) is 5. The summed E-state index contributed by atoms with van der Waals surface area (Å²) in [7, 11) is 1.85. The highest BCUT2D eigenvalue weighted by molar-refractivity contribution is 7.99. The molecule has 0 saturated heterocycles. The zero-order valence-electron chi connectivity index (χ0n) is 10.2. The Hall–Kier alpha value is -1.40. The van der Waals surface area contributed by atoms with Gasteiger partial charge < -0.3 is 5.32 Å². The van der Waals surface area contributed by atoms with E-state index in [1.165, 1.54) is 23.3 Å². The highest BCUT2D eigenvalue weighted by atomic mass is 32.2. The molecule has 18 heavy (non-hydrogen) atoms. The van der Waals surface area contributed by atoms with Gasteiger partial charge in [-0.3, -0.25) is 0 Å². The monoisotopic (exact) mass is 261 g/mol. The Kier molecular flexibility index (Phi) is 3.29. The predicted octanol–water partition coefficient (Wildman–Crippen LogP) is 1.61. The lowest BCUT2D eigenvalue weighted by Crippen LogP contribution is -2.15. The van der Waals surface area contributed by atoms with Crippen molar-refractivity contribution in [2.75, 3.05) is 0 Å². The highest BCUT2D eigenvalue weighted by Crippen LogP contribution is 2.28. The Morgan fingerprint density at radius 1 is 1.39 bits per heavy atom. The Balaban J connectivity index is 1.75. The molecule has 1 saturated carbocycles. The zero-order chi connectivity index (χ0) is 12.4. The summed E-state index contributed by atoms with van der Waals surface area (Å²) < 4.78 is 1.69. The fourth-order valence-electron chi connectivity index (χ4n) is 1.70. The molecule has 1 fully saturated rings. The van der Waals surface area contributed by atoms with E-state index in [9.17, 15) is 0 Å². The van der Waals surface area contributed by atoms with Crippen LogP contribution in [0.2, 0.25) is 0 Å². The van der Waals surface area contributed by atoms with E-state index in [0.29, 0.717) is 0 Å². The van der Waals surface area contributed by atoms with Crippen molar-refractivity contribution in [3.63, 3.8) is 0 Å². The number of nitrogens with zero attached hydrogens (tertiary/aromatic N) is 4. The lowest BCUT2D eigenvalue weighted by molar-refractivity contribution is 0.663. The third-order valence-corrected chi connectivity index (χ3v) is 4.06. The normalized spacial score (nSPS) is 14.9. The molecule has 1 aliphatic carbocycles. The van der Waals surface area contributed by atoms with Gasteiger partial charge in [-0.1, -0.05) is 18.2 Å². The maximum Gasteiger partial charge on any atom is 0.213 e. The fraction of sp³-hybridized carbons (Fsp3) is 0.417. The van der Waals surface area contributed by atoms with Gasteiger partial charge in [-0.15, -0.1) is 5.10 Å². The third-order valence-electron chi connectivity index (χ3n) is 2.91. The van der Waals surface area contributed by atoms with Crippen molar-refractivity contribution in [2.45, 2.75) is 35.5 Å². The van der Waals surface area contributed by atoms with Crippen molar-refractivity contribution in [2.24, 2.45) is 7.05 Å². The summed E-state index contributed by atoms with van der Waals surface area (Å²) >= 11 is 1.61. The summed E-state index contributed by atoms with van der Waals surface area (Å²) in [6, 6.07) is 9.11. The fourth-order valence-corrected chi connectivity index (χ4v) is 2.56. The van der Waals surface area contributed by atoms with Crippen LogP contribution in [0.1, 0.15) is 18.4 Å². The van der Waals surface area contributed by atoms with Crippen molar-refractivity contribution < 1.29 is 0 Å². The van der Waals surface area contributed by atoms with E-state index in [2.05, 4.69) is 39.0 Å². The van der Waals surface area contributed by atoms with E-state index < -0.39 is 0 Å². The molecule has 0 bridgehead atoms. The number of aryl methyl sites for hydroxylation is 1. The van der Waals surface area contributed by atoms with Crippen molar-refractivity contribution >= 4 is 11.8 Å². The molecule has 1 aromatic carbocycles. The second-order valence-corrected chi connectivity index (χ2v) is 5.46. The van der Waals surface area contributed by atoms with Crippen LogP contribution >= 0.6 is 11.8 Å². The molecule has 0 unspecified atom stereocenters. The van der Waals surface area contributed by atoms with Gasteiger partial charge in [0.25, 0.3) is 0 Å². The van der Waals surface area contributed by atoms with E-state index in [0.717, 1.165) is 17.7 Å². The van der Waals surface area contributed by atoms with Crippen LogP contribution in [0, 0.1) is 0 Å². The topological polar surface area (TPSA) is 55.6 Å². The first-order chi connectivity index (χ1) is 8.83. The molecule has 1 aromatic heterocycles. The predicted molar refractivity (Wildman–Crippen MR) is 69.2 cm³/mol. The summed E-state index contributed by atoms with van der Waals surface area (Å²) in [6.45, 7) is 0.916. The number of aromatic nitrogens is 4. The van der Waals surface area contributed by atoms with Crippen LogP contribution in [0.4, 0.5) is 0 Å². The molecule has 0 amide bonds. The summed E-state index contributed by atoms with van der Waals surface area (Å²) in [6.07, 6.45) is 2.62. The number of rotatable bonds is 5. The summed E-state index contributed by atoms with van der Waals surface area (Å²) in [5.74, 6) is 0. The molecule has 5 nitrogen and oxygen atoms in total. The Morgan fingerprint density at radius 2 is 2.22 bits per heavy atom. The van der Waals surface area contributed by atoms with Crippen LogP contribution in [0.25, 0.3) is 0 Å². The molecule has 0 aliphatic heterocycles. The molecule has 6 heteroatoms. The van der Waals surface area contributed by atoms with E-state index in [1.807, 2.05) is 13.1 Å². The van der Waals surface area contributed by atoms with Gasteiger partial charge in [0.05, 0.1) is 0 Å². The Bertz CT molecular complexity index is 535. The highest BCUT2D eigenvalue weighted by Gasteiger charge is 2.20. The van der Waals surface area contributed by atoms with Gasteiger partial charge in [-0.2, -0.15) is 0 Å². The zero-order valence-corrected chi connectivity index (χ0v) is 11.0. The van der Waals surface area contributed by atoms with Gasteiger partial charge in [-0.05, 0) is 46.7 Å². The van der Waals surface area contributed by atoms with E-state index in [-0.39, 0.29) is 0 Å². The largest absolute Gasteiger partial charge is 0.310 e. The molecular formula is C12H15N5S. The molecule has 0 spiro atoms. The lowest BCUT2D eigenvalue weighted by Gasteiger charge is -2.08. The average molecular weight is 261 g/mol. The van der Waals surface area contributed by atoms with Crippen LogP contribution < -0.4 is 5.32 Å². The first-order valence-electron chi connectivity index (χ1n) is 6.04. The van der Waals surface area contributed by atoms with E-state index in [4.69, 9.17) is 0 Å². The lowest BCUT2D eigenvalue weighted by atomic mass is 10.2. The Labute approximate surface area is 110 Å². The second-order valence-electron chi connectivity index (χ2n) is 4.45. The summed E-state index contributed by atoms with van der Waals surface area (Å²) in [5, 5.41) is 15.9. The van der Waals surface area contributed by atoms with Crippen LogP contribution in [0.15, 0.2) is 34.3 Å². The molecule has 0 atom stereocenters. The number of benzene rings is 1. The smallest absolute Gasteiger partial charge is 0.213 e. The average Bonchev–Trinajstić information content (AvgIpc) is 3.13. The van der Waals surface area contributed by atoms with Crippen molar-refractivity contribution in [1.29, 1.82) is 0 Å². The molecule has 2 aromatic rings. The van der Waals surface area contributed by atoms with Gasteiger partial charge in [0, 0.05) is 24.5 Å². The standard InChI is InChI=1S/C12H15N5S/c1-17-12(14-15-16-17)18-11-5-3-2-4-9(11)8-13-10-6-7-10/h2-5,10,13H,6-8H2,1H3. The summed E-state index contributed by atoms with van der Waals surface area (Å²) in [5.41, 5.74) is 1.30. The second kappa shape index (κ2) is 5.07. The molecular weight excluding hydrogens is 246 g/mol. The molecule has 0 radical (unpaired) electrons.